The zero-order valence-electron chi connectivity index (χ0n) is 10.0. The Morgan fingerprint density at radius 3 is 2.50 bits per heavy atom. The Balaban J connectivity index is 1.92. The number of carbonyl (C=O) groups excluding carboxylic acids is 1. The Kier molecular flexibility index (Phi) is 3.88. The number of hydrogen-bond donors (Lipinski definition) is 2. The number of hydrogen-bond acceptors (Lipinski definition) is 5. The van der Waals surface area contributed by atoms with Crippen LogP contribution in [0.25, 0.3) is 0 Å². The summed E-state index contributed by atoms with van der Waals surface area (Å²) in [6.45, 7) is 2.58. The van der Waals surface area contributed by atoms with Gasteiger partial charge >= 0.3 is 0 Å². The molecular formula is C12H14N4OS. The topological polar surface area (TPSA) is 80.9 Å². The fourth-order valence-corrected chi connectivity index (χ4v) is 2.00. The van der Waals surface area contributed by atoms with Crippen LogP contribution in [0, 0.1) is 0 Å². The Morgan fingerprint density at radius 1 is 1.28 bits per heavy atom. The van der Waals surface area contributed by atoms with Crippen molar-refractivity contribution in [3.05, 3.63) is 40.4 Å². The van der Waals surface area contributed by atoms with E-state index in [1.807, 2.05) is 12.1 Å². The van der Waals surface area contributed by atoms with Crippen molar-refractivity contribution in [1.29, 1.82) is 0 Å². The average Bonchev–Trinajstić information content (AvgIpc) is 2.83. The molecule has 3 N–H and O–H groups in total. The summed E-state index contributed by atoms with van der Waals surface area (Å²) >= 11 is 1.08. The third kappa shape index (κ3) is 3.04. The molecule has 2 rings (SSSR count). The van der Waals surface area contributed by atoms with Gasteiger partial charge in [-0.1, -0.05) is 42.5 Å². The molecule has 5 nitrogen and oxygen atoms in total. The summed E-state index contributed by atoms with van der Waals surface area (Å²) in [6, 6.07) is 8.13. The first-order valence-corrected chi connectivity index (χ1v) is 6.45. The monoisotopic (exact) mass is 262 g/mol. The second kappa shape index (κ2) is 5.59. The van der Waals surface area contributed by atoms with Crippen LogP contribution >= 0.6 is 11.3 Å². The molecule has 0 radical (unpaired) electrons. The molecule has 6 heteroatoms. The van der Waals surface area contributed by atoms with Crippen molar-refractivity contribution in [2.24, 2.45) is 0 Å². The van der Waals surface area contributed by atoms with Gasteiger partial charge < -0.3 is 11.1 Å². The van der Waals surface area contributed by atoms with Gasteiger partial charge in [-0.05, 0) is 17.5 Å². The molecule has 1 amide bonds. The van der Waals surface area contributed by atoms with E-state index in [1.54, 1.807) is 0 Å². The molecule has 0 saturated carbocycles. The summed E-state index contributed by atoms with van der Waals surface area (Å²) in [7, 11) is 0. The lowest BCUT2D eigenvalue weighted by atomic mass is 10.1. The lowest BCUT2D eigenvalue weighted by molar-refractivity contribution is 0.0950. The Hall–Kier alpha value is -1.95. The first-order chi connectivity index (χ1) is 8.69. The zero-order valence-corrected chi connectivity index (χ0v) is 10.8. The molecule has 18 heavy (non-hydrogen) atoms. The van der Waals surface area contributed by atoms with Gasteiger partial charge in [0.05, 0.1) is 0 Å². The number of nitrogen functional groups attached to an aromatic ring is 1. The number of nitrogens with two attached hydrogens (primary N) is 1. The molecule has 0 atom stereocenters. The van der Waals surface area contributed by atoms with Crippen LogP contribution in [-0.4, -0.2) is 16.1 Å². The van der Waals surface area contributed by atoms with Crippen LogP contribution in [-0.2, 0) is 13.0 Å². The van der Waals surface area contributed by atoms with Gasteiger partial charge in [0.2, 0.25) is 10.1 Å². The third-order valence-electron chi connectivity index (χ3n) is 2.52. The van der Waals surface area contributed by atoms with Crippen molar-refractivity contribution in [2.75, 3.05) is 5.73 Å². The highest BCUT2D eigenvalue weighted by Gasteiger charge is 2.10. The van der Waals surface area contributed by atoms with E-state index >= 15 is 0 Å². The van der Waals surface area contributed by atoms with Gasteiger partial charge in [0.25, 0.3) is 5.91 Å². The lowest BCUT2D eigenvalue weighted by Gasteiger charge is -2.04. The van der Waals surface area contributed by atoms with E-state index in [-0.39, 0.29) is 10.9 Å². The number of aryl methyl sites for hydroxylation is 1. The van der Waals surface area contributed by atoms with E-state index in [1.165, 1.54) is 5.56 Å². The number of amides is 1. The minimum atomic E-state index is -0.247. The average molecular weight is 262 g/mol. The van der Waals surface area contributed by atoms with Gasteiger partial charge in [-0.25, -0.2) is 0 Å². The summed E-state index contributed by atoms with van der Waals surface area (Å²) in [5.74, 6) is -0.247. The predicted octanol–water partition coefficient (Wildman–Crippen LogP) is 1.61. The fourth-order valence-electron chi connectivity index (χ4n) is 1.48. The third-order valence-corrected chi connectivity index (χ3v) is 3.27. The standard InChI is InChI=1S/C12H14N4OS/c1-2-8-3-5-9(6-4-8)7-14-10(17)11-15-16-12(13)18-11/h3-6H,2,7H2,1H3,(H2,13,16)(H,14,17). The maximum absolute atomic E-state index is 11.7. The number of anilines is 1. The highest BCUT2D eigenvalue weighted by molar-refractivity contribution is 7.16. The van der Waals surface area contributed by atoms with Crippen molar-refractivity contribution in [3.63, 3.8) is 0 Å². The largest absolute Gasteiger partial charge is 0.374 e. The van der Waals surface area contributed by atoms with Crippen LogP contribution in [0.5, 0.6) is 0 Å². The van der Waals surface area contributed by atoms with E-state index in [0.29, 0.717) is 11.7 Å². The molecule has 0 aliphatic carbocycles. The Labute approximate surface area is 109 Å². The first kappa shape index (κ1) is 12.5. The number of carbonyl (C=O) groups is 1. The van der Waals surface area contributed by atoms with Crippen molar-refractivity contribution >= 4 is 22.4 Å². The van der Waals surface area contributed by atoms with Gasteiger partial charge in [-0.3, -0.25) is 4.79 Å². The normalized spacial score (nSPS) is 10.3. The predicted molar refractivity (Wildman–Crippen MR) is 71.3 cm³/mol. The minimum absolute atomic E-state index is 0.247. The van der Waals surface area contributed by atoms with Crippen molar-refractivity contribution in [3.8, 4) is 0 Å². The molecule has 0 saturated heterocycles. The smallest absolute Gasteiger partial charge is 0.282 e. The number of nitrogens with one attached hydrogen (secondary N) is 1. The number of rotatable bonds is 4. The number of nitrogens with zero attached hydrogens (tertiary/aromatic N) is 2. The van der Waals surface area contributed by atoms with Gasteiger partial charge in [-0.2, -0.15) is 0 Å². The molecule has 1 aromatic carbocycles. The summed E-state index contributed by atoms with van der Waals surface area (Å²) in [4.78, 5) is 11.7. The molecule has 0 bridgehead atoms. The summed E-state index contributed by atoms with van der Waals surface area (Å²) in [5, 5.41) is 10.7. The number of benzene rings is 1. The highest BCUT2D eigenvalue weighted by atomic mass is 32.1. The Morgan fingerprint density at radius 2 is 1.94 bits per heavy atom. The molecule has 94 valence electrons. The van der Waals surface area contributed by atoms with Gasteiger partial charge in [0.15, 0.2) is 0 Å². The van der Waals surface area contributed by atoms with E-state index in [0.717, 1.165) is 23.3 Å². The van der Waals surface area contributed by atoms with Crippen molar-refractivity contribution in [1.82, 2.24) is 15.5 Å². The van der Waals surface area contributed by atoms with Crippen LogP contribution in [0.1, 0.15) is 27.9 Å². The minimum Gasteiger partial charge on any atom is -0.374 e. The maximum Gasteiger partial charge on any atom is 0.282 e. The SMILES string of the molecule is CCc1ccc(CNC(=O)c2nnc(N)s2)cc1. The van der Waals surface area contributed by atoms with Crippen molar-refractivity contribution in [2.45, 2.75) is 19.9 Å². The highest BCUT2D eigenvalue weighted by Crippen LogP contribution is 2.11. The van der Waals surface area contributed by atoms with E-state index in [4.69, 9.17) is 5.73 Å². The van der Waals surface area contributed by atoms with Gasteiger partial charge in [0.1, 0.15) is 0 Å². The molecule has 0 unspecified atom stereocenters. The van der Waals surface area contributed by atoms with E-state index in [9.17, 15) is 4.79 Å². The zero-order chi connectivity index (χ0) is 13.0. The van der Waals surface area contributed by atoms with Crippen LogP contribution in [0.15, 0.2) is 24.3 Å². The molecule has 2 aromatic rings. The quantitative estimate of drug-likeness (QED) is 0.877. The van der Waals surface area contributed by atoms with Crippen LogP contribution < -0.4 is 11.1 Å². The second-order valence-electron chi connectivity index (χ2n) is 3.80. The van der Waals surface area contributed by atoms with Crippen LogP contribution in [0.2, 0.25) is 0 Å². The molecule has 0 aliphatic heterocycles. The molecule has 0 spiro atoms. The van der Waals surface area contributed by atoms with E-state index in [2.05, 4.69) is 34.6 Å². The first-order valence-electron chi connectivity index (χ1n) is 5.64. The number of aromatic nitrogens is 2. The summed E-state index contributed by atoms with van der Waals surface area (Å²) in [6.07, 6.45) is 1.01. The summed E-state index contributed by atoms with van der Waals surface area (Å²) < 4.78 is 0. The van der Waals surface area contributed by atoms with Gasteiger partial charge in [-0.15, -0.1) is 10.2 Å². The molecule has 1 aromatic heterocycles. The van der Waals surface area contributed by atoms with E-state index < -0.39 is 0 Å². The van der Waals surface area contributed by atoms with Crippen molar-refractivity contribution < 1.29 is 4.79 Å². The van der Waals surface area contributed by atoms with Crippen LogP contribution in [0.3, 0.4) is 0 Å². The molecule has 0 aliphatic rings. The summed E-state index contributed by atoms with van der Waals surface area (Å²) in [5.41, 5.74) is 7.75. The lowest BCUT2D eigenvalue weighted by Crippen LogP contribution is -2.22. The maximum atomic E-state index is 11.7. The molecule has 1 heterocycles. The van der Waals surface area contributed by atoms with Gasteiger partial charge in [0, 0.05) is 6.54 Å². The molecular weight excluding hydrogens is 248 g/mol. The second-order valence-corrected chi connectivity index (χ2v) is 4.81. The Bertz CT molecular complexity index is 535. The molecule has 0 fully saturated rings. The fraction of sp³-hybridized carbons (Fsp3) is 0.250. The van der Waals surface area contributed by atoms with Crippen LogP contribution in [0.4, 0.5) is 5.13 Å².